The summed E-state index contributed by atoms with van der Waals surface area (Å²) in [6, 6.07) is 0. The Morgan fingerprint density at radius 3 is 2.42 bits per heavy atom. The van der Waals surface area contributed by atoms with Gasteiger partial charge in [0.15, 0.2) is 6.29 Å². The normalized spacial score (nSPS) is 44.6. The van der Waals surface area contributed by atoms with Crippen LogP contribution in [0.2, 0.25) is 0 Å². The molecular formula is C19H28O12. The fourth-order valence-corrected chi connectivity index (χ4v) is 4.59. The lowest BCUT2D eigenvalue weighted by molar-refractivity contribution is -0.351. The number of carbonyl (C=O) groups excluding carboxylic acids is 2. The van der Waals surface area contributed by atoms with Crippen LogP contribution in [0, 0.1) is 5.92 Å². The number of rotatable bonds is 5. The van der Waals surface area contributed by atoms with Gasteiger partial charge in [0.1, 0.15) is 41.2 Å². The smallest absolute Gasteiger partial charge is 0.339 e. The molecule has 176 valence electrons. The van der Waals surface area contributed by atoms with Crippen molar-refractivity contribution in [1.82, 2.24) is 0 Å². The van der Waals surface area contributed by atoms with Crippen molar-refractivity contribution in [2.45, 2.75) is 74.9 Å². The summed E-state index contributed by atoms with van der Waals surface area (Å²) in [6.45, 7) is 2.07. The van der Waals surface area contributed by atoms with Crippen LogP contribution in [0.5, 0.6) is 0 Å². The Kier molecular flexibility index (Phi) is 6.63. The average Bonchev–Trinajstić information content (AvgIpc) is 2.98. The maximum Gasteiger partial charge on any atom is 0.339 e. The number of hydrogen-bond donors (Lipinski definition) is 5. The van der Waals surface area contributed by atoms with Gasteiger partial charge < -0.3 is 49.2 Å². The minimum absolute atomic E-state index is 0.0142. The van der Waals surface area contributed by atoms with Crippen molar-refractivity contribution in [2.24, 2.45) is 5.92 Å². The van der Waals surface area contributed by atoms with Crippen LogP contribution in [-0.2, 0) is 33.3 Å². The van der Waals surface area contributed by atoms with Crippen LogP contribution in [0.3, 0.4) is 0 Å². The first kappa shape index (κ1) is 23.9. The molecule has 9 atom stereocenters. The predicted octanol–water partition coefficient (Wildman–Crippen LogP) is -2.32. The van der Waals surface area contributed by atoms with Crippen LogP contribution in [-0.4, -0.2) is 99.4 Å². The minimum atomic E-state index is -1.85. The summed E-state index contributed by atoms with van der Waals surface area (Å²) in [5.41, 5.74) is -3.37. The van der Waals surface area contributed by atoms with Crippen molar-refractivity contribution in [3.05, 3.63) is 11.8 Å². The maximum absolute atomic E-state index is 12.2. The van der Waals surface area contributed by atoms with E-state index < -0.39 is 72.7 Å². The molecule has 0 amide bonds. The van der Waals surface area contributed by atoms with Crippen LogP contribution in [0.4, 0.5) is 0 Å². The molecule has 1 saturated heterocycles. The molecule has 3 aliphatic rings. The van der Waals surface area contributed by atoms with Gasteiger partial charge in [-0.3, -0.25) is 4.79 Å². The zero-order valence-electron chi connectivity index (χ0n) is 17.3. The van der Waals surface area contributed by atoms with E-state index in [2.05, 4.69) is 0 Å². The van der Waals surface area contributed by atoms with Gasteiger partial charge in [-0.1, -0.05) is 0 Å². The average molecular weight is 448 g/mol. The Bertz CT molecular complexity index is 737. The highest BCUT2D eigenvalue weighted by molar-refractivity contribution is 5.91. The van der Waals surface area contributed by atoms with E-state index in [1.54, 1.807) is 6.92 Å². The first-order valence-electron chi connectivity index (χ1n) is 9.81. The van der Waals surface area contributed by atoms with Gasteiger partial charge in [0.2, 0.25) is 6.29 Å². The topological polar surface area (TPSA) is 181 Å². The highest BCUT2D eigenvalue weighted by Crippen LogP contribution is 2.54. The number of methoxy groups -OCH3 is 1. The second kappa shape index (κ2) is 8.62. The minimum Gasteiger partial charge on any atom is -0.471 e. The second-order valence-electron chi connectivity index (χ2n) is 8.17. The molecule has 0 radical (unpaired) electrons. The van der Waals surface area contributed by atoms with Crippen LogP contribution < -0.4 is 0 Å². The first-order chi connectivity index (χ1) is 14.5. The van der Waals surface area contributed by atoms with Crippen molar-refractivity contribution in [3.8, 4) is 0 Å². The second-order valence-corrected chi connectivity index (χ2v) is 8.17. The molecule has 0 aromatic rings. The number of carbonyl (C=O) groups is 2. The van der Waals surface area contributed by atoms with Gasteiger partial charge in [-0.15, -0.1) is 0 Å². The lowest BCUT2D eigenvalue weighted by atomic mass is 9.77. The largest absolute Gasteiger partial charge is 0.471 e. The summed E-state index contributed by atoms with van der Waals surface area (Å²) >= 11 is 0. The molecule has 1 saturated carbocycles. The number of aliphatic hydroxyl groups is 5. The quantitative estimate of drug-likeness (QED) is 0.284. The van der Waals surface area contributed by atoms with Crippen LogP contribution in [0.25, 0.3) is 0 Å². The molecule has 0 aromatic heterocycles. The molecule has 5 N–H and O–H groups in total. The third-order valence-corrected chi connectivity index (χ3v) is 6.13. The van der Waals surface area contributed by atoms with Crippen LogP contribution in [0.1, 0.15) is 26.7 Å². The molecule has 1 aliphatic carbocycles. The number of ether oxygens (including phenoxy) is 5. The lowest BCUT2D eigenvalue weighted by Gasteiger charge is -2.46. The van der Waals surface area contributed by atoms with E-state index in [1.165, 1.54) is 6.92 Å². The monoisotopic (exact) mass is 448 g/mol. The van der Waals surface area contributed by atoms with Crippen molar-refractivity contribution in [3.63, 3.8) is 0 Å². The summed E-state index contributed by atoms with van der Waals surface area (Å²) in [5.74, 6) is -2.62. The molecule has 2 heterocycles. The van der Waals surface area contributed by atoms with E-state index in [9.17, 15) is 35.1 Å². The van der Waals surface area contributed by atoms with E-state index in [0.29, 0.717) is 0 Å². The number of hydrogen-bond acceptors (Lipinski definition) is 12. The molecule has 0 unspecified atom stereocenters. The van der Waals surface area contributed by atoms with E-state index in [-0.39, 0.29) is 18.4 Å². The molecule has 2 fully saturated rings. The number of aliphatic hydroxyl groups excluding tert-OH is 4. The van der Waals surface area contributed by atoms with Crippen LogP contribution in [0.15, 0.2) is 11.8 Å². The van der Waals surface area contributed by atoms with Crippen molar-refractivity contribution < 1.29 is 58.8 Å². The summed E-state index contributed by atoms with van der Waals surface area (Å²) in [6.07, 6.45) is -8.06. The molecule has 12 heteroatoms. The molecule has 2 aliphatic heterocycles. The number of esters is 2. The van der Waals surface area contributed by atoms with Gasteiger partial charge in [0.05, 0.1) is 25.9 Å². The molecule has 0 spiro atoms. The van der Waals surface area contributed by atoms with E-state index >= 15 is 0 Å². The number of fused-ring (bicyclic) bond motifs is 1. The van der Waals surface area contributed by atoms with Crippen molar-refractivity contribution in [2.75, 3.05) is 13.7 Å². The fraction of sp³-hybridized carbons (Fsp3) is 0.789. The SMILES string of the molecule is COC(=O)C1=CO[C@@H](O[C@H]2O[C@H](CO)[C@@H](O)[C@H](O)[C@@H]2O)[C@@H]2[C@@](C)(OC(C)=O)CC[C@]12O. The molecule has 31 heavy (non-hydrogen) atoms. The Morgan fingerprint density at radius 2 is 1.84 bits per heavy atom. The van der Waals surface area contributed by atoms with Gasteiger partial charge in [-0.05, 0) is 19.8 Å². The molecule has 0 aromatic carbocycles. The van der Waals surface area contributed by atoms with Gasteiger partial charge >= 0.3 is 11.9 Å². The first-order valence-corrected chi connectivity index (χ1v) is 9.81. The van der Waals surface area contributed by atoms with Crippen LogP contribution >= 0.6 is 0 Å². The Hall–Kier alpha value is -1.80. The van der Waals surface area contributed by atoms with Gasteiger partial charge in [-0.25, -0.2) is 4.79 Å². The molecular weight excluding hydrogens is 420 g/mol. The van der Waals surface area contributed by atoms with E-state index in [0.717, 1.165) is 13.4 Å². The van der Waals surface area contributed by atoms with Crippen molar-refractivity contribution in [1.29, 1.82) is 0 Å². The highest BCUT2D eigenvalue weighted by Gasteiger charge is 2.66. The standard InChI is InChI=1S/C19H28O12/c1-8(21)31-18(2)4-5-19(26)9(15(25)27-3)7-28-17(14(18)19)30-16-13(24)12(23)11(22)10(6-20)29-16/h7,10-14,16-17,20,22-24,26H,4-6H2,1-3H3/t10-,11-,12+,13+,14-,16-,17+,18+,19+/m1/s1. The van der Waals surface area contributed by atoms with Gasteiger partial charge in [0, 0.05) is 6.92 Å². The maximum atomic E-state index is 12.2. The predicted molar refractivity (Wildman–Crippen MR) is 97.7 cm³/mol. The van der Waals surface area contributed by atoms with Gasteiger partial charge in [-0.2, -0.15) is 0 Å². The summed E-state index contributed by atoms with van der Waals surface area (Å²) < 4.78 is 26.7. The molecule has 12 nitrogen and oxygen atoms in total. The van der Waals surface area contributed by atoms with E-state index in [4.69, 9.17) is 23.7 Å². The van der Waals surface area contributed by atoms with E-state index in [1.807, 2.05) is 0 Å². The Morgan fingerprint density at radius 1 is 1.16 bits per heavy atom. The molecule has 3 rings (SSSR count). The molecule has 0 bridgehead atoms. The Labute approximate surface area is 177 Å². The highest BCUT2D eigenvalue weighted by atomic mass is 16.8. The van der Waals surface area contributed by atoms with Crippen molar-refractivity contribution >= 4 is 11.9 Å². The zero-order valence-corrected chi connectivity index (χ0v) is 17.3. The summed E-state index contributed by atoms with van der Waals surface area (Å²) in [7, 11) is 1.14. The Balaban J connectivity index is 1.94. The third-order valence-electron chi connectivity index (χ3n) is 6.13. The fourth-order valence-electron chi connectivity index (χ4n) is 4.59. The third kappa shape index (κ3) is 4.04. The summed E-state index contributed by atoms with van der Waals surface area (Å²) in [5, 5.41) is 51.0. The summed E-state index contributed by atoms with van der Waals surface area (Å²) in [4.78, 5) is 23.9. The lowest BCUT2D eigenvalue weighted by Crippen LogP contribution is -2.62. The zero-order chi connectivity index (χ0) is 23.1. The van der Waals surface area contributed by atoms with Gasteiger partial charge in [0.25, 0.3) is 0 Å².